The molecule has 2 aromatic rings. The molecule has 0 fully saturated rings. The number of halogens is 4. The first kappa shape index (κ1) is 14.3. The van der Waals surface area contributed by atoms with Gasteiger partial charge in [-0.15, -0.1) is 0 Å². The van der Waals surface area contributed by atoms with Crippen molar-refractivity contribution >= 4 is 27.5 Å². The highest BCUT2D eigenvalue weighted by Crippen LogP contribution is 2.38. The Morgan fingerprint density at radius 3 is 2.53 bits per heavy atom. The molecule has 0 aliphatic rings. The lowest BCUT2D eigenvalue weighted by Gasteiger charge is -2.15. The average Bonchev–Trinajstić information content (AvgIpc) is 2.40. The zero-order chi connectivity index (χ0) is 14.0. The molecule has 0 saturated heterocycles. The molecule has 0 spiro atoms. The number of rotatable bonds is 3. The molecular formula is C14H10BrClF2O. The zero-order valence-electron chi connectivity index (χ0n) is 9.96. The Kier molecular flexibility index (Phi) is 4.42. The largest absolute Gasteiger partial charge is 0.496 e. The minimum absolute atomic E-state index is 0.209. The number of hydrogen-bond acceptors (Lipinski definition) is 1. The normalized spacial score (nSPS) is 12.3. The molecular weight excluding hydrogens is 338 g/mol. The molecule has 1 atom stereocenters. The first-order valence-corrected chi connectivity index (χ1v) is 6.74. The number of hydrogen-bond donors (Lipinski definition) is 0. The van der Waals surface area contributed by atoms with Gasteiger partial charge in [0.05, 0.1) is 11.9 Å². The van der Waals surface area contributed by atoms with Crippen molar-refractivity contribution in [2.75, 3.05) is 7.11 Å². The molecule has 2 aromatic carbocycles. The van der Waals surface area contributed by atoms with Crippen molar-refractivity contribution in [3.63, 3.8) is 0 Å². The number of methoxy groups -OCH3 is 1. The summed E-state index contributed by atoms with van der Waals surface area (Å²) in [6, 6.07) is 8.35. The lowest BCUT2D eigenvalue weighted by molar-refractivity contribution is 0.410. The average molecular weight is 348 g/mol. The van der Waals surface area contributed by atoms with Crippen LogP contribution >= 0.6 is 27.5 Å². The number of benzene rings is 2. The summed E-state index contributed by atoms with van der Waals surface area (Å²) in [6.07, 6.45) is 0. The van der Waals surface area contributed by atoms with Crippen molar-refractivity contribution < 1.29 is 13.5 Å². The Balaban J connectivity index is 2.49. The van der Waals surface area contributed by atoms with Crippen LogP contribution in [-0.4, -0.2) is 7.11 Å². The summed E-state index contributed by atoms with van der Waals surface area (Å²) < 4.78 is 32.2. The summed E-state index contributed by atoms with van der Waals surface area (Å²) in [7, 11) is 1.50. The van der Waals surface area contributed by atoms with Gasteiger partial charge in [0.1, 0.15) is 17.4 Å². The topological polar surface area (TPSA) is 9.23 Å². The maximum Gasteiger partial charge on any atom is 0.128 e. The summed E-state index contributed by atoms with van der Waals surface area (Å²) in [4.78, 5) is -0.518. The minimum atomic E-state index is -0.518. The van der Waals surface area contributed by atoms with E-state index in [2.05, 4.69) is 15.9 Å². The van der Waals surface area contributed by atoms with Gasteiger partial charge in [-0.3, -0.25) is 0 Å². The summed E-state index contributed by atoms with van der Waals surface area (Å²) in [5.74, 6) is -0.466. The van der Waals surface area contributed by atoms with Crippen molar-refractivity contribution in [2.24, 2.45) is 0 Å². The molecule has 0 aromatic heterocycles. The SMILES string of the molecule is COc1cc(Cl)ccc1C(Br)c1cc(F)ccc1F. The van der Waals surface area contributed by atoms with Gasteiger partial charge in [0.25, 0.3) is 0 Å². The van der Waals surface area contributed by atoms with Crippen LogP contribution in [0.1, 0.15) is 16.0 Å². The molecule has 0 aliphatic heterocycles. The van der Waals surface area contributed by atoms with Crippen LogP contribution in [0.15, 0.2) is 36.4 Å². The zero-order valence-corrected chi connectivity index (χ0v) is 12.3. The molecule has 0 bridgehead atoms. The standard InChI is InChI=1S/C14H10BrClF2O/c1-19-13-6-8(16)2-4-10(13)14(15)11-7-9(17)3-5-12(11)18/h2-7,14H,1H3. The van der Waals surface area contributed by atoms with Gasteiger partial charge in [-0.05, 0) is 30.3 Å². The van der Waals surface area contributed by atoms with E-state index in [0.717, 1.165) is 18.2 Å². The van der Waals surface area contributed by atoms with E-state index >= 15 is 0 Å². The summed E-state index contributed by atoms with van der Waals surface area (Å²) in [6.45, 7) is 0. The lowest BCUT2D eigenvalue weighted by Crippen LogP contribution is -2.00. The van der Waals surface area contributed by atoms with Gasteiger partial charge in [-0.2, -0.15) is 0 Å². The summed E-state index contributed by atoms with van der Waals surface area (Å²) in [5.41, 5.74) is 0.886. The van der Waals surface area contributed by atoms with Crippen molar-refractivity contribution in [2.45, 2.75) is 4.83 Å². The second-order valence-corrected chi connectivity index (χ2v) is 5.27. The second-order valence-electron chi connectivity index (χ2n) is 3.91. The molecule has 5 heteroatoms. The predicted molar refractivity (Wildman–Crippen MR) is 75.1 cm³/mol. The fourth-order valence-electron chi connectivity index (χ4n) is 1.77. The van der Waals surface area contributed by atoms with Gasteiger partial charge in [-0.25, -0.2) is 8.78 Å². The second kappa shape index (κ2) is 5.88. The third kappa shape index (κ3) is 3.07. The predicted octanol–water partition coefficient (Wildman–Crippen LogP) is 5.11. The Hall–Kier alpha value is -1.13. The first-order chi connectivity index (χ1) is 9.02. The maximum atomic E-state index is 13.8. The highest BCUT2D eigenvalue weighted by molar-refractivity contribution is 9.09. The van der Waals surface area contributed by atoms with E-state index in [0.29, 0.717) is 16.3 Å². The Morgan fingerprint density at radius 2 is 1.84 bits per heavy atom. The molecule has 1 nitrogen and oxygen atoms in total. The molecule has 19 heavy (non-hydrogen) atoms. The quantitative estimate of drug-likeness (QED) is 0.701. The third-order valence-corrected chi connectivity index (χ3v) is 3.92. The smallest absolute Gasteiger partial charge is 0.128 e. The molecule has 0 heterocycles. The van der Waals surface area contributed by atoms with Crippen molar-refractivity contribution in [1.82, 2.24) is 0 Å². The van der Waals surface area contributed by atoms with Crippen LogP contribution in [0.3, 0.4) is 0 Å². The molecule has 0 radical (unpaired) electrons. The fraction of sp³-hybridized carbons (Fsp3) is 0.143. The molecule has 100 valence electrons. The molecule has 0 N–H and O–H groups in total. The Morgan fingerprint density at radius 1 is 1.11 bits per heavy atom. The number of alkyl halides is 1. The van der Waals surface area contributed by atoms with Crippen LogP contribution in [0.4, 0.5) is 8.78 Å². The van der Waals surface area contributed by atoms with Crippen molar-refractivity contribution in [1.29, 1.82) is 0 Å². The highest BCUT2D eigenvalue weighted by atomic mass is 79.9. The van der Waals surface area contributed by atoms with E-state index in [-0.39, 0.29) is 5.56 Å². The van der Waals surface area contributed by atoms with Gasteiger partial charge in [0, 0.05) is 16.1 Å². The van der Waals surface area contributed by atoms with E-state index < -0.39 is 16.5 Å². The Labute approximate surface area is 123 Å². The highest BCUT2D eigenvalue weighted by Gasteiger charge is 2.19. The van der Waals surface area contributed by atoms with E-state index in [1.807, 2.05) is 0 Å². The van der Waals surface area contributed by atoms with Gasteiger partial charge < -0.3 is 4.74 Å². The van der Waals surface area contributed by atoms with E-state index in [1.54, 1.807) is 18.2 Å². The van der Waals surface area contributed by atoms with Crippen LogP contribution in [0.5, 0.6) is 5.75 Å². The van der Waals surface area contributed by atoms with Crippen LogP contribution in [0.25, 0.3) is 0 Å². The molecule has 1 unspecified atom stereocenters. The van der Waals surface area contributed by atoms with Gasteiger partial charge in [0.15, 0.2) is 0 Å². The van der Waals surface area contributed by atoms with Crippen molar-refractivity contribution in [3.05, 3.63) is 64.2 Å². The van der Waals surface area contributed by atoms with Crippen LogP contribution in [-0.2, 0) is 0 Å². The lowest BCUT2D eigenvalue weighted by atomic mass is 10.0. The molecule has 0 amide bonds. The van der Waals surface area contributed by atoms with Gasteiger partial charge >= 0.3 is 0 Å². The van der Waals surface area contributed by atoms with Crippen LogP contribution in [0, 0.1) is 11.6 Å². The van der Waals surface area contributed by atoms with Crippen molar-refractivity contribution in [3.8, 4) is 5.75 Å². The minimum Gasteiger partial charge on any atom is -0.496 e. The van der Waals surface area contributed by atoms with E-state index in [1.165, 1.54) is 7.11 Å². The molecule has 0 saturated carbocycles. The van der Waals surface area contributed by atoms with E-state index in [4.69, 9.17) is 16.3 Å². The Bertz CT molecular complexity index is 604. The monoisotopic (exact) mass is 346 g/mol. The van der Waals surface area contributed by atoms with Gasteiger partial charge in [-0.1, -0.05) is 33.6 Å². The third-order valence-electron chi connectivity index (χ3n) is 2.70. The fourth-order valence-corrected chi connectivity index (χ4v) is 2.66. The summed E-state index contributed by atoms with van der Waals surface area (Å²) in [5, 5.41) is 0.514. The number of ether oxygens (including phenoxy) is 1. The van der Waals surface area contributed by atoms with Crippen LogP contribution in [0.2, 0.25) is 5.02 Å². The summed E-state index contributed by atoms with van der Waals surface area (Å²) >= 11 is 9.24. The van der Waals surface area contributed by atoms with E-state index in [9.17, 15) is 8.78 Å². The van der Waals surface area contributed by atoms with Crippen LogP contribution < -0.4 is 4.74 Å². The molecule has 0 aliphatic carbocycles. The molecule has 2 rings (SSSR count). The maximum absolute atomic E-state index is 13.8. The van der Waals surface area contributed by atoms with Gasteiger partial charge in [0.2, 0.25) is 0 Å². The first-order valence-electron chi connectivity index (χ1n) is 5.45.